The Balaban J connectivity index is 1.54. The van der Waals surface area contributed by atoms with Crippen LogP contribution in [0.1, 0.15) is 17.5 Å². The second-order valence-electron chi connectivity index (χ2n) is 7.25. The minimum absolute atomic E-state index is 0.0178. The van der Waals surface area contributed by atoms with Gasteiger partial charge < -0.3 is 15.5 Å². The lowest BCUT2D eigenvalue weighted by Crippen LogP contribution is -2.44. The number of benzene rings is 1. The van der Waals surface area contributed by atoms with Crippen LogP contribution in [-0.4, -0.2) is 40.2 Å². The minimum atomic E-state index is -4.59. The molecule has 1 fully saturated rings. The summed E-state index contributed by atoms with van der Waals surface area (Å²) in [6.45, 7) is -0.180. The van der Waals surface area contributed by atoms with Crippen molar-refractivity contribution in [3.8, 4) is 6.07 Å². The number of halogens is 3. The van der Waals surface area contributed by atoms with Crippen molar-refractivity contribution in [2.24, 2.45) is 0 Å². The second kappa shape index (κ2) is 7.09. The standard InChI is InChI=1S/C20H14F3N5O3/c21-20(22,23)11-5-6-15(25-9-11)27-16(29)17(30)28-10-19(7-12(28)8-24)13-3-1-2-4-14(13)26-18(19)31/h1-6,9,12H,7,10H2,(H,26,31)(H,25,27,29)/t12?,19-/m0/s1. The van der Waals surface area contributed by atoms with Gasteiger partial charge in [-0.15, -0.1) is 0 Å². The zero-order chi connectivity index (χ0) is 22.4. The molecule has 0 aliphatic carbocycles. The molecule has 31 heavy (non-hydrogen) atoms. The van der Waals surface area contributed by atoms with Gasteiger partial charge in [0.1, 0.15) is 11.9 Å². The maximum Gasteiger partial charge on any atom is 0.417 e. The van der Waals surface area contributed by atoms with E-state index in [1.807, 2.05) is 6.07 Å². The second-order valence-corrected chi connectivity index (χ2v) is 7.25. The number of pyridine rings is 1. The van der Waals surface area contributed by atoms with E-state index in [0.29, 0.717) is 17.4 Å². The molecule has 2 aliphatic heterocycles. The number of nitrogens with one attached hydrogen (secondary N) is 2. The van der Waals surface area contributed by atoms with Crippen LogP contribution in [0.2, 0.25) is 0 Å². The maximum absolute atomic E-state index is 12.7. The van der Waals surface area contributed by atoms with E-state index in [0.717, 1.165) is 17.0 Å². The van der Waals surface area contributed by atoms with Gasteiger partial charge in [0.2, 0.25) is 5.91 Å². The van der Waals surface area contributed by atoms with E-state index in [2.05, 4.69) is 15.6 Å². The van der Waals surface area contributed by atoms with Crippen LogP contribution in [0.4, 0.5) is 24.7 Å². The molecule has 1 aromatic heterocycles. The molecule has 1 aromatic carbocycles. The van der Waals surface area contributed by atoms with Crippen molar-refractivity contribution in [1.82, 2.24) is 9.88 Å². The Morgan fingerprint density at radius 2 is 2.00 bits per heavy atom. The van der Waals surface area contributed by atoms with Crippen molar-refractivity contribution in [3.63, 3.8) is 0 Å². The molecule has 0 radical (unpaired) electrons. The number of likely N-dealkylation sites (tertiary alicyclic amines) is 1. The average molecular weight is 429 g/mol. The molecule has 8 nitrogen and oxygen atoms in total. The van der Waals surface area contributed by atoms with Crippen LogP contribution in [0.3, 0.4) is 0 Å². The molecule has 2 atom stereocenters. The van der Waals surface area contributed by atoms with Gasteiger partial charge in [0.25, 0.3) is 0 Å². The van der Waals surface area contributed by atoms with Crippen molar-refractivity contribution in [3.05, 3.63) is 53.7 Å². The molecule has 4 rings (SSSR count). The average Bonchev–Trinajstić information content (AvgIpc) is 3.26. The van der Waals surface area contributed by atoms with Gasteiger partial charge in [0.15, 0.2) is 0 Å². The molecule has 2 N–H and O–H groups in total. The largest absolute Gasteiger partial charge is 0.417 e. The van der Waals surface area contributed by atoms with Gasteiger partial charge in [-0.3, -0.25) is 14.4 Å². The number of rotatable bonds is 1. The third-order valence-electron chi connectivity index (χ3n) is 5.42. The van der Waals surface area contributed by atoms with E-state index in [-0.39, 0.29) is 24.7 Å². The molecule has 2 aliphatic rings. The first kappa shape index (κ1) is 20.3. The molecule has 0 saturated carbocycles. The normalized spacial score (nSPS) is 22.1. The van der Waals surface area contributed by atoms with Crippen molar-refractivity contribution >= 4 is 29.2 Å². The number of nitriles is 1. The number of nitrogens with zero attached hydrogens (tertiary/aromatic N) is 3. The number of hydrogen-bond donors (Lipinski definition) is 2. The quantitative estimate of drug-likeness (QED) is 0.674. The first-order chi connectivity index (χ1) is 14.7. The summed E-state index contributed by atoms with van der Waals surface area (Å²) in [5.74, 6) is -2.87. The number of alkyl halides is 3. The summed E-state index contributed by atoms with van der Waals surface area (Å²) < 4.78 is 37.9. The van der Waals surface area contributed by atoms with Crippen molar-refractivity contribution < 1.29 is 27.6 Å². The predicted molar refractivity (Wildman–Crippen MR) is 100 cm³/mol. The van der Waals surface area contributed by atoms with Crippen LogP contribution in [0.25, 0.3) is 0 Å². The fourth-order valence-electron chi connectivity index (χ4n) is 3.90. The monoisotopic (exact) mass is 429 g/mol. The molecule has 3 amide bonds. The first-order valence-electron chi connectivity index (χ1n) is 9.11. The van der Waals surface area contributed by atoms with Gasteiger partial charge in [-0.05, 0) is 23.8 Å². The van der Waals surface area contributed by atoms with Gasteiger partial charge in [-0.1, -0.05) is 18.2 Å². The third kappa shape index (κ3) is 3.35. The van der Waals surface area contributed by atoms with Gasteiger partial charge in [-0.2, -0.15) is 18.4 Å². The molecular formula is C20H14F3N5O3. The summed E-state index contributed by atoms with van der Waals surface area (Å²) in [4.78, 5) is 42.3. The van der Waals surface area contributed by atoms with Gasteiger partial charge in [0.05, 0.1) is 17.0 Å². The summed E-state index contributed by atoms with van der Waals surface area (Å²) in [6, 6.07) is 9.45. The van der Waals surface area contributed by atoms with E-state index < -0.39 is 35.0 Å². The lowest BCUT2D eigenvalue weighted by atomic mass is 9.80. The minimum Gasteiger partial charge on any atom is -0.325 e. The van der Waals surface area contributed by atoms with E-state index >= 15 is 0 Å². The summed E-state index contributed by atoms with van der Waals surface area (Å²) in [6.07, 6.45) is -4.04. The zero-order valence-corrected chi connectivity index (χ0v) is 15.7. The molecular weight excluding hydrogens is 415 g/mol. The Morgan fingerprint density at radius 1 is 1.26 bits per heavy atom. The fraction of sp³-hybridized carbons (Fsp3) is 0.250. The van der Waals surface area contributed by atoms with Crippen molar-refractivity contribution in [1.29, 1.82) is 5.26 Å². The first-order valence-corrected chi connectivity index (χ1v) is 9.11. The highest BCUT2D eigenvalue weighted by Crippen LogP contribution is 2.46. The summed E-state index contributed by atoms with van der Waals surface area (Å²) in [5.41, 5.74) is -0.939. The van der Waals surface area contributed by atoms with Gasteiger partial charge in [-0.25, -0.2) is 4.98 Å². The Bertz CT molecular complexity index is 1130. The van der Waals surface area contributed by atoms with Gasteiger partial charge >= 0.3 is 18.0 Å². The summed E-state index contributed by atoms with van der Waals surface area (Å²) >= 11 is 0. The number of amides is 3. The van der Waals surface area contributed by atoms with Crippen molar-refractivity contribution in [2.45, 2.75) is 24.1 Å². The van der Waals surface area contributed by atoms with E-state index in [1.54, 1.807) is 24.3 Å². The Kier molecular flexibility index (Phi) is 4.65. The van der Waals surface area contributed by atoms with E-state index in [9.17, 15) is 32.8 Å². The number of para-hydroxylation sites is 1. The number of hydrogen-bond acceptors (Lipinski definition) is 5. The maximum atomic E-state index is 12.7. The zero-order valence-electron chi connectivity index (χ0n) is 15.7. The van der Waals surface area contributed by atoms with Crippen LogP contribution in [0.15, 0.2) is 42.6 Å². The fourth-order valence-corrected chi connectivity index (χ4v) is 3.90. The lowest BCUT2D eigenvalue weighted by Gasteiger charge is -2.22. The van der Waals surface area contributed by atoms with Crippen LogP contribution in [0.5, 0.6) is 0 Å². The molecule has 11 heteroatoms. The van der Waals surface area contributed by atoms with Crippen molar-refractivity contribution in [2.75, 3.05) is 17.2 Å². The Morgan fingerprint density at radius 3 is 2.65 bits per heavy atom. The van der Waals surface area contributed by atoms with Crippen LogP contribution in [0, 0.1) is 11.3 Å². The smallest absolute Gasteiger partial charge is 0.325 e. The number of anilines is 2. The van der Waals surface area contributed by atoms with Crippen LogP contribution in [-0.2, 0) is 26.0 Å². The highest BCUT2D eigenvalue weighted by molar-refractivity contribution is 6.39. The summed E-state index contributed by atoms with van der Waals surface area (Å²) in [5, 5.41) is 14.4. The molecule has 0 bridgehead atoms. The number of aromatic nitrogens is 1. The summed E-state index contributed by atoms with van der Waals surface area (Å²) in [7, 11) is 0. The topological polar surface area (TPSA) is 115 Å². The third-order valence-corrected chi connectivity index (χ3v) is 5.42. The Hall–Kier alpha value is -3.94. The molecule has 1 saturated heterocycles. The highest BCUT2D eigenvalue weighted by Gasteiger charge is 2.56. The number of carbonyl (C=O) groups excluding carboxylic acids is 3. The van der Waals surface area contributed by atoms with Crippen LogP contribution >= 0.6 is 0 Å². The molecule has 1 spiro atoms. The highest BCUT2D eigenvalue weighted by atomic mass is 19.4. The van der Waals surface area contributed by atoms with E-state index in [1.165, 1.54) is 0 Å². The molecule has 1 unspecified atom stereocenters. The number of fused-ring (bicyclic) bond motifs is 2. The lowest BCUT2D eigenvalue weighted by molar-refractivity contribution is -0.143. The molecule has 158 valence electrons. The van der Waals surface area contributed by atoms with E-state index in [4.69, 9.17) is 0 Å². The SMILES string of the molecule is N#CC1C[C@@]2(CN1C(=O)C(=O)Nc1ccc(C(F)(F)F)cn1)C(=O)Nc1ccccc12. The van der Waals surface area contributed by atoms with Crippen LogP contribution < -0.4 is 10.6 Å². The Labute approximate surface area is 173 Å². The van der Waals surface area contributed by atoms with Gasteiger partial charge in [0, 0.05) is 24.8 Å². The molecule has 3 heterocycles. The molecule has 2 aromatic rings. The predicted octanol–water partition coefficient (Wildman–Crippen LogP) is 2.05. The number of carbonyl (C=O) groups is 3.